The molecule has 1 amide bonds. The summed E-state index contributed by atoms with van der Waals surface area (Å²) in [5.41, 5.74) is 0.0797. The molecule has 3 nitrogen and oxygen atoms in total. The van der Waals surface area contributed by atoms with E-state index < -0.39 is 0 Å². The molecule has 2 aliphatic heterocycles. The van der Waals surface area contributed by atoms with Gasteiger partial charge in [0.25, 0.3) is 0 Å². The van der Waals surface area contributed by atoms with Crippen LogP contribution in [-0.4, -0.2) is 36.6 Å². The highest BCUT2D eigenvalue weighted by Crippen LogP contribution is 2.51. The molecule has 0 aromatic carbocycles. The third-order valence-corrected chi connectivity index (χ3v) is 4.78. The minimum absolute atomic E-state index is 0.246. The maximum Gasteiger partial charge on any atom is 0.231 e. The monoisotopic (exact) mass is 237 g/mol. The standard InChI is InChI=1S/C14H23NO2/c1-13(2)8-15(11(13)10-4-5-10)12(16)14(3)6-7-17-9-14/h10-11H,4-9H2,1-3H3. The Hall–Kier alpha value is -0.570. The van der Waals surface area contributed by atoms with Gasteiger partial charge in [-0.1, -0.05) is 13.8 Å². The van der Waals surface area contributed by atoms with Crippen molar-refractivity contribution in [3.05, 3.63) is 0 Å². The molecule has 1 aliphatic carbocycles. The van der Waals surface area contributed by atoms with Crippen LogP contribution in [0.25, 0.3) is 0 Å². The van der Waals surface area contributed by atoms with Crippen LogP contribution in [0.4, 0.5) is 0 Å². The second kappa shape index (κ2) is 3.47. The summed E-state index contributed by atoms with van der Waals surface area (Å²) in [6, 6.07) is 0.493. The van der Waals surface area contributed by atoms with E-state index in [1.54, 1.807) is 0 Å². The fraction of sp³-hybridized carbons (Fsp3) is 0.929. The number of rotatable bonds is 2. The predicted octanol–water partition coefficient (Wildman–Crippen LogP) is 2.06. The Morgan fingerprint density at radius 1 is 1.29 bits per heavy atom. The van der Waals surface area contributed by atoms with Gasteiger partial charge in [0.1, 0.15) is 0 Å². The first-order valence-corrected chi connectivity index (χ1v) is 6.83. The van der Waals surface area contributed by atoms with Crippen molar-refractivity contribution in [2.24, 2.45) is 16.7 Å². The molecule has 0 aromatic rings. The topological polar surface area (TPSA) is 29.5 Å². The number of ether oxygens (including phenoxy) is 1. The summed E-state index contributed by atoms with van der Waals surface area (Å²) in [7, 11) is 0. The lowest BCUT2D eigenvalue weighted by molar-refractivity contribution is -0.164. The highest BCUT2D eigenvalue weighted by Gasteiger charge is 2.57. The number of amides is 1. The molecule has 3 aliphatic rings. The molecule has 2 unspecified atom stereocenters. The van der Waals surface area contributed by atoms with E-state index in [4.69, 9.17) is 4.74 Å². The zero-order valence-electron chi connectivity index (χ0n) is 11.2. The highest BCUT2D eigenvalue weighted by atomic mass is 16.5. The predicted molar refractivity (Wildman–Crippen MR) is 65.5 cm³/mol. The molecular weight excluding hydrogens is 214 g/mol. The number of hydrogen-bond donors (Lipinski definition) is 0. The summed E-state index contributed by atoms with van der Waals surface area (Å²) in [5.74, 6) is 1.11. The van der Waals surface area contributed by atoms with Gasteiger partial charge in [0, 0.05) is 24.6 Å². The zero-order chi connectivity index (χ0) is 12.3. The summed E-state index contributed by atoms with van der Waals surface area (Å²) in [5, 5.41) is 0. The fourth-order valence-electron chi connectivity index (χ4n) is 3.63. The van der Waals surface area contributed by atoms with Gasteiger partial charge in [-0.2, -0.15) is 0 Å². The SMILES string of the molecule is CC1(C(=O)N2CC(C)(C)C2C2CC2)CCOC1. The van der Waals surface area contributed by atoms with Crippen LogP contribution in [-0.2, 0) is 9.53 Å². The lowest BCUT2D eigenvalue weighted by Crippen LogP contribution is -2.67. The molecule has 0 radical (unpaired) electrons. The minimum Gasteiger partial charge on any atom is -0.380 e. The fourth-order valence-corrected chi connectivity index (χ4v) is 3.63. The first kappa shape index (κ1) is 11.5. The van der Waals surface area contributed by atoms with E-state index in [2.05, 4.69) is 25.7 Å². The molecule has 2 saturated heterocycles. The molecule has 0 spiro atoms. The van der Waals surface area contributed by atoms with Gasteiger partial charge in [0.15, 0.2) is 0 Å². The Labute approximate surface area is 104 Å². The number of nitrogens with zero attached hydrogens (tertiary/aromatic N) is 1. The molecular formula is C14H23NO2. The van der Waals surface area contributed by atoms with E-state index in [1.165, 1.54) is 12.8 Å². The van der Waals surface area contributed by atoms with Crippen LogP contribution in [0.3, 0.4) is 0 Å². The van der Waals surface area contributed by atoms with Crippen LogP contribution in [0.15, 0.2) is 0 Å². The molecule has 3 fully saturated rings. The van der Waals surface area contributed by atoms with Gasteiger partial charge in [-0.05, 0) is 32.1 Å². The smallest absolute Gasteiger partial charge is 0.231 e. The van der Waals surface area contributed by atoms with Gasteiger partial charge >= 0.3 is 0 Å². The second-order valence-corrected chi connectivity index (χ2v) is 7.07. The van der Waals surface area contributed by atoms with Crippen LogP contribution < -0.4 is 0 Å². The van der Waals surface area contributed by atoms with Gasteiger partial charge in [-0.3, -0.25) is 4.79 Å². The summed E-state index contributed by atoms with van der Waals surface area (Å²) >= 11 is 0. The van der Waals surface area contributed by atoms with Crippen molar-refractivity contribution in [3.8, 4) is 0 Å². The average Bonchev–Trinajstić information content (AvgIpc) is 2.95. The average molecular weight is 237 g/mol. The normalized spacial score (nSPS) is 40.2. The first-order chi connectivity index (χ1) is 7.94. The van der Waals surface area contributed by atoms with Gasteiger partial charge in [-0.25, -0.2) is 0 Å². The highest BCUT2D eigenvalue weighted by molar-refractivity contribution is 5.84. The summed E-state index contributed by atoms with van der Waals surface area (Å²) in [6.45, 7) is 8.95. The van der Waals surface area contributed by atoms with Crippen molar-refractivity contribution in [2.75, 3.05) is 19.8 Å². The number of hydrogen-bond acceptors (Lipinski definition) is 2. The van der Waals surface area contributed by atoms with Gasteiger partial charge in [-0.15, -0.1) is 0 Å². The molecule has 17 heavy (non-hydrogen) atoms. The Bertz CT molecular complexity index is 340. The van der Waals surface area contributed by atoms with Crippen molar-refractivity contribution in [1.82, 2.24) is 4.90 Å². The van der Waals surface area contributed by atoms with Crippen LogP contribution in [0.2, 0.25) is 0 Å². The van der Waals surface area contributed by atoms with Crippen molar-refractivity contribution in [1.29, 1.82) is 0 Å². The maximum atomic E-state index is 12.6. The van der Waals surface area contributed by atoms with Crippen molar-refractivity contribution < 1.29 is 9.53 Å². The third-order valence-electron chi connectivity index (χ3n) is 4.78. The quantitative estimate of drug-likeness (QED) is 0.735. The molecule has 3 heteroatoms. The zero-order valence-corrected chi connectivity index (χ0v) is 11.2. The Morgan fingerprint density at radius 2 is 2.00 bits per heavy atom. The number of carbonyl (C=O) groups is 1. The molecule has 1 saturated carbocycles. The molecule has 3 rings (SSSR count). The Morgan fingerprint density at radius 3 is 2.47 bits per heavy atom. The molecule has 96 valence electrons. The van der Waals surface area contributed by atoms with E-state index in [-0.39, 0.29) is 5.41 Å². The summed E-state index contributed by atoms with van der Waals surface area (Å²) in [4.78, 5) is 14.8. The molecule has 2 atom stereocenters. The van der Waals surface area contributed by atoms with Gasteiger partial charge in [0.05, 0.1) is 12.0 Å². The van der Waals surface area contributed by atoms with Crippen LogP contribution in [0.1, 0.15) is 40.0 Å². The molecule has 0 N–H and O–H groups in total. The van der Waals surface area contributed by atoms with E-state index in [0.717, 1.165) is 25.5 Å². The van der Waals surface area contributed by atoms with E-state index in [1.807, 2.05) is 0 Å². The van der Waals surface area contributed by atoms with Crippen LogP contribution in [0.5, 0.6) is 0 Å². The Balaban J connectivity index is 1.74. The van der Waals surface area contributed by atoms with Gasteiger partial charge < -0.3 is 9.64 Å². The van der Waals surface area contributed by atoms with E-state index in [9.17, 15) is 4.79 Å². The van der Waals surface area contributed by atoms with E-state index in [0.29, 0.717) is 24.0 Å². The van der Waals surface area contributed by atoms with Crippen LogP contribution in [0, 0.1) is 16.7 Å². The van der Waals surface area contributed by atoms with Crippen molar-refractivity contribution >= 4 is 5.91 Å². The molecule has 2 heterocycles. The minimum atomic E-state index is -0.246. The first-order valence-electron chi connectivity index (χ1n) is 6.83. The van der Waals surface area contributed by atoms with Crippen LogP contribution >= 0.6 is 0 Å². The van der Waals surface area contributed by atoms with Gasteiger partial charge in [0.2, 0.25) is 5.91 Å². The lowest BCUT2D eigenvalue weighted by Gasteiger charge is -2.56. The molecule has 0 bridgehead atoms. The molecule has 0 aromatic heterocycles. The summed E-state index contributed by atoms with van der Waals surface area (Å²) < 4.78 is 5.42. The lowest BCUT2D eigenvalue weighted by atomic mass is 9.70. The summed E-state index contributed by atoms with van der Waals surface area (Å²) in [6.07, 6.45) is 3.51. The Kier molecular flexibility index (Phi) is 2.35. The van der Waals surface area contributed by atoms with E-state index >= 15 is 0 Å². The maximum absolute atomic E-state index is 12.6. The second-order valence-electron chi connectivity index (χ2n) is 7.07. The number of likely N-dealkylation sites (tertiary alicyclic amines) is 1. The van der Waals surface area contributed by atoms with Crippen molar-refractivity contribution in [2.45, 2.75) is 46.1 Å². The largest absolute Gasteiger partial charge is 0.380 e. The number of carbonyl (C=O) groups excluding carboxylic acids is 1. The van der Waals surface area contributed by atoms with Crippen molar-refractivity contribution in [3.63, 3.8) is 0 Å². The third kappa shape index (κ3) is 1.70.